The molecule has 0 N–H and O–H groups in total. The SMILES string of the molecule is Cc1cccc2c1C1=C(C=C=C1)C2. The molecule has 3 rings (SSSR count). The van der Waals surface area contributed by atoms with E-state index in [4.69, 9.17) is 0 Å². The predicted molar refractivity (Wildman–Crippen MR) is 54.5 cm³/mol. The summed E-state index contributed by atoms with van der Waals surface area (Å²) in [6, 6.07) is 6.55. The lowest BCUT2D eigenvalue weighted by molar-refractivity contribution is 1.23. The van der Waals surface area contributed by atoms with Crippen LogP contribution in [0.5, 0.6) is 0 Å². The zero-order chi connectivity index (χ0) is 8.84. The third kappa shape index (κ3) is 0.811. The molecule has 0 heteroatoms. The maximum absolute atomic E-state index is 3.17. The Morgan fingerprint density at radius 3 is 3.08 bits per heavy atom. The Labute approximate surface area is 77.9 Å². The van der Waals surface area contributed by atoms with E-state index in [-0.39, 0.29) is 0 Å². The summed E-state index contributed by atoms with van der Waals surface area (Å²) in [5.74, 6) is 0. The highest BCUT2D eigenvalue weighted by molar-refractivity contribution is 5.87. The molecular weight excluding hydrogens is 156 g/mol. The van der Waals surface area contributed by atoms with Crippen LogP contribution in [-0.4, -0.2) is 0 Å². The first-order valence-corrected chi connectivity index (χ1v) is 4.61. The van der Waals surface area contributed by atoms with Crippen molar-refractivity contribution in [2.24, 2.45) is 0 Å². The Morgan fingerprint density at radius 2 is 2.15 bits per heavy atom. The normalized spacial score (nSPS) is 16.7. The summed E-state index contributed by atoms with van der Waals surface area (Å²) in [6.07, 6.45) is 5.30. The first kappa shape index (κ1) is 6.94. The fraction of sp³-hybridized carbons (Fsp3) is 0.154. The van der Waals surface area contributed by atoms with E-state index < -0.39 is 0 Å². The van der Waals surface area contributed by atoms with Crippen molar-refractivity contribution in [2.45, 2.75) is 13.3 Å². The van der Waals surface area contributed by atoms with Crippen LogP contribution in [0.15, 0.2) is 41.7 Å². The molecule has 0 spiro atoms. The van der Waals surface area contributed by atoms with Crippen LogP contribution in [0, 0.1) is 6.92 Å². The molecule has 13 heavy (non-hydrogen) atoms. The average Bonchev–Trinajstić information content (AvgIpc) is 2.62. The van der Waals surface area contributed by atoms with Crippen molar-refractivity contribution in [2.75, 3.05) is 0 Å². The van der Waals surface area contributed by atoms with Gasteiger partial charge in [0.2, 0.25) is 0 Å². The van der Waals surface area contributed by atoms with Gasteiger partial charge in [-0.15, -0.1) is 5.73 Å². The zero-order valence-electron chi connectivity index (χ0n) is 7.59. The number of allylic oxidation sites excluding steroid dienone is 3. The molecule has 0 saturated carbocycles. The number of hydrogen-bond donors (Lipinski definition) is 0. The third-order valence-electron chi connectivity index (χ3n) is 2.84. The molecule has 62 valence electrons. The Hall–Kier alpha value is -1.52. The quantitative estimate of drug-likeness (QED) is 0.520. The van der Waals surface area contributed by atoms with Gasteiger partial charge in [0, 0.05) is 0 Å². The molecule has 0 fully saturated rings. The highest BCUT2D eigenvalue weighted by Crippen LogP contribution is 2.38. The molecule has 1 aromatic carbocycles. The maximum atomic E-state index is 3.17. The van der Waals surface area contributed by atoms with Crippen LogP contribution < -0.4 is 0 Å². The lowest BCUT2D eigenvalue weighted by Gasteiger charge is -2.04. The van der Waals surface area contributed by atoms with E-state index in [9.17, 15) is 0 Å². The summed E-state index contributed by atoms with van der Waals surface area (Å²) < 4.78 is 0. The molecule has 0 radical (unpaired) electrons. The molecule has 0 atom stereocenters. The predicted octanol–water partition coefficient (Wildman–Crippen LogP) is 3.03. The Kier molecular flexibility index (Phi) is 1.20. The third-order valence-corrected chi connectivity index (χ3v) is 2.84. The lowest BCUT2D eigenvalue weighted by Crippen LogP contribution is -1.87. The molecule has 2 aliphatic rings. The lowest BCUT2D eigenvalue weighted by atomic mass is 10.0. The van der Waals surface area contributed by atoms with Crippen LogP contribution >= 0.6 is 0 Å². The van der Waals surface area contributed by atoms with Gasteiger partial charge in [0.05, 0.1) is 0 Å². The van der Waals surface area contributed by atoms with Crippen molar-refractivity contribution in [1.29, 1.82) is 0 Å². The van der Waals surface area contributed by atoms with Crippen molar-refractivity contribution in [3.05, 3.63) is 58.3 Å². The van der Waals surface area contributed by atoms with Crippen molar-refractivity contribution >= 4 is 5.57 Å². The second-order valence-electron chi connectivity index (χ2n) is 3.68. The largest absolute Gasteiger partial charge is 0.120 e. The standard InChI is InChI=1S/C13H10/c1-9-4-2-6-11-8-10-5-3-7-12(10)13(9)11/h2,4-7H,8H2,1H3. The van der Waals surface area contributed by atoms with Crippen molar-refractivity contribution in [1.82, 2.24) is 0 Å². The van der Waals surface area contributed by atoms with Gasteiger partial charge in [-0.05, 0) is 53.3 Å². The van der Waals surface area contributed by atoms with Crippen molar-refractivity contribution in [3.8, 4) is 0 Å². The first-order chi connectivity index (χ1) is 6.36. The number of rotatable bonds is 0. The summed E-state index contributed by atoms with van der Waals surface area (Å²) in [4.78, 5) is 0. The molecule has 0 nitrogen and oxygen atoms in total. The molecule has 0 heterocycles. The molecule has 0 aromatic heterocycles. The van der Waals surface area contributed by atoms with Crippen LogP contribution in [-0.2, 0) is 6.42 Å². The summed E-state index contributed by atoms with van der Waals surface area (Å²) in [5, 5.41) is 0. The molecule has 1 aromatic rings. The molecule has 0 bridgehead atoms. The fourth-order valence-electron chi connectivity index (χ4n) is 2.24. The summed E-state index contributed by atoms with van der Waals surface area (Å²) in [6.45, 7) is 2.18. The Morgan fingerprint density at radius 1 is 1.23 bits per heavy atom. The minimum Gasteiger partial charge on any atom is -0.120 e. The van der Waals surface area contributed by atoms with Gasteiger partial charge < -0.3 is 0 Å². The highest BCUT2D eigenvalue weighted by atomic mass is 14.2. The number of benzene rings is 1. The van der Waals surface area contributed by atoms with Gasteiger partial charge in [0.25, 0.3) is 0 Å². The van der Waals surface area contributed by atoms with Gasteiger partial charge in [-0.25, -0.2) is 0 Å². The van der Waals surface area contributed by atoms with E-state index in [0.717, 1.165) is 6.42 Å². The molecule has 0 aliphatic heterocycles. The average molecular weight is 166 g/mol. The zero-order valence-corrected chi connectivity index (χ0v) is 7.59. The van der Waals surface area contributed by atoms with Gasteiger partial charge in [-0.3, -0.25) is 0 Å². The minimum absolute atomic E-state index is 1.09. The molecular formula is C13H10. The first-order valence-electron chi connectivity index (χ1n) is 4.61. The van der Waals surface area contributed by atoms with Gasteiger partial charge in [-0.2, -0.15) is 0 Å². The van der Waals surface area contributed by atoms with E-state index in [1.807, 2.05) is 0 Å². The number of hydrogen-bond acceptors (Lipinski definition) is 0. The Balaban J connectivity index is 2.30. The summed E-state index contributed by atoms with van der Waals surface area (Å²) >= 11 is 0. The van der Waals surface area contributed by atoms with E-state index in [1.54, 1.807) is 0 Å². The molecule has 0 saturated heterocycles. The highest BCUT2D eigenvalue weighted by Gasteiger charge is 2.21. The number of aryl methyl sites for hydroxylation is 1. The minimum atomic E-state index is 1.09. The monoisotopic (exact) mass is 166 g/mol. The van der Waals surface area contributed by atoms with Crippen LogP contribution in [0.2, 0.25) is 0 Å². The maximum Gasteiger partial charge on any atom is -0.000699 e. The summed E-state index contributed by atoms with van der Waals surface area (Å²) in [5.41, 5.74) is 10.3. The van der Waals surface area contributed by atoms with Gasteiger partial charge in [-0.1, -0.05) is 18.2 Å². The second kappa shape index (κ2) is 2.25. The fourth-order valence-corrected chi connectivity index (χ4v) is 2.24. The van der Waals surface area contributed by atoms with Crippen LogP contribution in [0.4, 0.5) is 0 Å². The van der Waals surface area contributed by atoms with Crippen LogP contribution in [0.1, 0.15) is 16.7 Å². The van der Waals surface area contributed by atoms with E-state index >= 15 is 0 Å². The van der Waals surface area contributed by atoms with E-state index in [2.05, 4.69) is 43.0 Å². The van der Waals surface area contributed by atoms with Gasteiger partial charge in [0.1, 0.15) is 0 Å². The van der Waals surface area contributed by atoms with E-state index in [0.29, 0.717) is 0 Å². The molecule has 2 aliphatic carbocycles. The molecule has 0 amide bonds. The Bertz CT molecular complexity index is 481. The van der Waals surface area contributed by atoms with Gasteiger partial charge in [0.15, 0.2) is 0 Å². The number of fused-ring (bicyclic) bond motifs is 2. The molecule has 0 unspecified atom stereocenters. The van der Waals surface area contributed by atoms with Crippen molar-refractivity contribution < 1.29 is 0 Å². The second-order valence-corrected chi connectivity index (χ2v) is 3.68. The van der Waals surface area contributed by atoms with E-state index in [1.165, 1.54) is 27.8 Å². The van der Waals surface area contributed by atoms with Gasteiger partial charge >= 0.3 is 0 Å². The van der Waals surface area contributed by atoms with Crippen LogP contribution in [0.3, 0.4) is 0 Å². The topological polar surface area (TPSA) is 0 Å². The van der Waals surface area contributed by atoms with Crippen LogP contribution in [0.25, 0.3) is 5.57 Å². The smallest absolute Gasteiger partial charge is 0.000699 e. The summed E-state index contributed by atoms with van der Waals surface area (Å²) in [7, 11) is 0. The van der Waals surface area contributed by atoms with Crippen molar-refractivity contribution in [3.63, 3.8) is 0 Å².